The summed E-state index contributed by atoms with van der Waals surface area (Å²) in [7, 11) is 0. The largest absolute Gasteiger partial charge is 0.419 e. The van der Waals surface area contributed by atoms with Gasteiger partial charge in [-0.15, -0.1) is 10.2 Å². The highest BCUT2D eigenvalue weighted by atomic mass is 35.5. The Balaban J connectivity index is 2.37. The first-order valence-corrected chi connectivity index (χ1v) is 5.91. The first-order valence-electron chi connectivity index (χ1n) is 5.16. The molecule has 0 saturated heterocycles. The van der Waals surface area contributed by atoms with E-state index in [0.29, 0.717) is 27.4 Å². The summed E-state index contributed by atoms with van der Waals surface area (Å²) in [5.41, 5.74) is 6.45. The molecule has 1 aromatic carbocycles. The van der Waals surface area contributed by atoms with Gasteiger partial charge in [0.1, 0.15) is 0 Å². The van der Waals surface area contributed by atoms with Gasteiger partial charge in [-0.1, -0.05) is 30.1 Å². The predicted octanol–water partition coefficient (Wildman–Crippen LogP) is 3.45. The second-order valence-corrected chi connectivity index (χ2v) is 4.43. The fourth-order valence-corrected chi connectivity index (χ4v) is 1.82. The van der Waals surface area contributed by atoms with Crippen LogP contribution in [0.5, 0.6) is 0 Å². The van der Waals surface area contributed by atoms with Crippen LogP contribution >= 0.6 is 23.2 Å². The van der Waals surface area contributed by atoms with Crippen molar-refractivity contribution in [3.63, 3.8) is 0 Å². The lowest BCUT2D eigenvalue weighted by atomic mass is 10.2. The van der Waals surface area contributed by atoms with E-state index in [1.165, 1.54) is 0 Å². The second kappa shape index (κ2) is 5.04. The maximum Gasteiger partial charge on any atom is 0.249 e. The van der Waals surface area contributed by atoms with E-state index in [4.69, 9.17) is 33.4 Å². The van der Waals surface area contributed by atoms with Crippen molar-refractivity contribution in [2.75, 3.05) is 0 Å². The number of halogens is 2. The molecular formula is C11H11Cl2N3O. The number of hydrogen-bond donors (Lipinski definition) is 1. The zero-order valence-corrected chi connectivity index (χ0v) is 10.7. The Bertz CT molecular complexity index is 527. The van der Waals surface area contributed by atoms with Crippen molar-refractivity contribution >= 4 is 23.2 Å². The van der Waals surface area contributed by atoms with Gasteiger partial charge in [-0.05, 0) is 24.6 Å². The molecule has 1 unspecified atom stereocenters. The SMILES string of the molecule is CCC(N)c1nnc(-c2ccc(Cl)cc2Cl)o1. The average Bonchev–Trinajstić information content (AvgIpc) is 2.77. The molecule has 2 N–H and O–H groups in total. The third-order valence-corrected chi connectivity index (χ3v) is 2.91. The summed E-state index contributed by atoms with van der Waals surface area (Å²) >= 11 is 11.9. The molecule has 4 nitrogen and oxygen atoms in total. The van der Waals surface area contributed by atoms with Gasteiger partial charge in [-0.3, -0.25) is 0 Å². The Morgan fingerprint density at radius 2 is 2.12 bits per heavy atom. The molecule has 0 amide bonds. The Morgan fingerprint density at radius 1 is 1.35 bits per heavy atom. The molecule has 90 valence electrons. The van der Waals surface area contributed by atoms with Gasteiger partial charge in [-0.2, -0.15) is 0 Å². The molecule has 6 heteroatoms. The van der Waals surface area contributed by atoms with Crippen molar-refractivity contribution in [2.24, 2.45) is 5.73 Å². The number of nitrogens with two attached hydrogens (primary N) is 1. The van der Waals surface area contributed by atoms with Crippen molar-refractivity contribution in [1.82, 2.24) is 10.2 Å². The lowest BCUT2D eigenvalue weighted by molar-refractivity contribution is 0.452. The molecule has 17 heavy (non-hydrogen) atoms. The Kier molecular flexibility index (Phi) is 3.66. The van der Waals surface area contributed by atoms with Crippen LogP contribution in [0.2, 0.25) is 10.0 Å². The molecule has 0 saturated carbocycles. The summed E-state index contributed by atoms with van der Waals surface area (Å²) in [6.07, 6.45) is 0.732. The van der Waals surface area contributed by atoms with Crippen LogP contribution in [0.3, 0.4) is 0 Å². The lowest BCUT2D eigenvalue weighted by Crippen LogP contribution is -2.08. The van der Waals surface area contributed by atoms with Crippen LogP contribution in [0.25, 0.3) is 11.5 Å². The van der Waals surface area contributed by atoms with E-state index in [1.807, 2.05) is 6.92 Å². The minimum Gasteiger partial charge on any atom is -0.419 e. The summed E-state index contributed by atoms with van der Waals surface area (Å²) in [5, 5.41) is 8.84. The van der Waals surface area contributed by atoms with Gasteiger partial charge in [0, 0.05) is 5.02 Å². The Labute approximate surface area is 109 Å². The number of aromatic nitrogens is 2. The van der Waals surface area contributed by atoms with E-state index in [9.17, 15) is 0 Å². The Morgan fingerprint density at radius 3 is 2.76 bits per heavy atom. The first-order chi connectivity index (χ1) is 8.11. The summed E-state index contributed by atoms with van der Waals surface area (Å²) in [5.74, 6) is 0.763. The van der Waals surface area contributed by atoms with Crippen LogP contribution in [-0.4, -0.2) is 10.2 Å². The smallest absolute Gasteiger partial charge is 0.249 e. The van der Waals surface area contributed by atoms with Crippen LogP contribution in [0.15, 0.2) is 22.6 Å². The molecule has 1 aromatic heterocycles. The van der Waals surface area contributed by atoms with Gasteiger partial charge >= 0.3 is 0 Å². The third kappa shape index (κ3) is 2.60. The van der Waals surface area contributed by atoms with Crippen LogP contribution < -0.4 is 5.73 Å². The Hall–Kier alpha value is -1.10. The van der Waals surface area contributed by atoms with E-state index in [2.05, 4.69) is 10.2 Å². The van der Waals surface area contributed by atoms with E-state index < -0.39 is 0 Å². The lowest BCUT2D eigenvalue weighted by Gasteiger charge is -2.01. The van der Waals surface area contributed by atoms with Gasteiger partial charge in [0.15, 0.2) is 0 Å². The summed E-state index contributed by atoms with van der Waals surface area (Å²) in [4.78, 5) is 0. The highest BCUT2D eigenvalue weighted by Crippen LogP contribution is 2.30. The average molecular weight is 272 g/mol. The van der Waals surface area contributed by atoms with Gasteiger partial charge in [0.2, 0.25) is 11.8 Å². The molecule has 0 bridgehead atoms. The molecule has 0 aliphatic heterocycles. The molecule has 0 aliphatic rings. The topological polar surface area (TPSA) is 64.9 Å². The molecule has 0 aliphatic carbocycles. The molecule has 0 radical (unpaired) electrons. The monoisotopic (exact) mass is 271 g/mol. The minimum absolute atomic E-state index is 0.248. The van der Waals surface area contributed by atoms with Gasteiger partial charge in [-0.25, -0.2) is 0 Å². The number of benzene rings is 1. The molecule has 0 fully saturated rings. The van der Waals surface area contributed by atoms with Crippen molar-refractivity contribution in [2.45, 2.75) is 19.4 Å². The van der Waals surface area contributed by atoms with Gasteiger partial charge in [0.05, 0.1) is 16.6 Å². The van der Waals surface area contributed by atoms with E-state index in [1.54, 1.807) is 18.2 Å². The summed E-state index contributed by atoms with van der Waals surface area (Å²) in [6, 6.07) is 4.83. The molecule has 2 aromatic rings. The highest BCUT2D eigenvalue weighted by Gasteiger charge is 2.15. The molecular weight excluding hydrogens is 261 g/mol. The van der Waals surface area contributed by atoms with Crippen LogP contribution in [0.1, 0.15) is 25.3 Å². The van der Waals surface area contributed by atoms with Crippen LogP contribution in [0, 0.1) is 0 Å². The maximum atomic E-state index is 6.04. The van der Waals surface area contributed by atoms with Crippen molar-refractivity contribution in [3.8, 4) is 11.5 Å². The maximum absolute atomic E-state index is 6.04. The molecule has 2 rings (SSSR count). The number of rotatable bonds is 3. The van der Waals surface area contributed by atoms with E-state index >= 15 is 0 Å². The normalized spacial score (nSPS) is 12.7. The highest BCUT2D eigenvalue weighted by molar-refractivity contribution is 6.36. The van der Waals surface area contributed by atoms with Crippen molar-refractivity contribution < 1.29 is 4.42 Å². The van der Waals surface area contributed by atoms with Crippen molar-refractivity contribution in [3.05, 3.63) is 34.1 Å². The zero-order valence-electron chi connectivity index (χ0n) is 9.15. The van der Waals surface area contributed by atoms with Crippen LogP contribution in [-0.2, 0) is 0 Å². The molecule has 1 heterocycles. The van der Waals surface area contributed by atoms with Crippen molar-refractivity contribution in [1.29, 1.82) is 0 Å². The molecule has 1 atom stereocenters. The quantitative estimate of drug-likeness (QED) is 0.929. The predicted molar refractivity (Wildman–Crippen MR) is 67.0 cm³/mol. The van der Waals surface area contributed by atoms with Gasteiger partial charge in [0.25, 0.3) is 0 Å². The fraction of sp³-hybridized carbons (Fsp3) is 0.273. The minimum atomic E-state index is -0.248. The molecule has 0 spiro atoms. The first kappa shape index (κ1) is 12.4. The van der Waals surface area contributed by atoms with E-state index in [0.717, 1.165) is 6.42 Å². The van der Waals surface area contributed by atoms with Crippen LogP contribution in [0.4, 0.5) is 0 Å². The van der Waals surface area contributed by atoms with E-state index in [-0.39, 0.29) is 6.04 Å². The third-order valence-electron chi connectivity index (χ3n) is 2.36. The summed E-state index contributed by atoms with van der Waals surface area (Å²) in [6.45, 7) is 1.95. The summed E-state index contributed by atoms with van der Waals surface area (Å²) < 4.78 is 5.47. The second-order valence-electron chi connectivity index (χ2n) is 3.58. The standard InChI is InChI=1S/C11H11Cl2N3O/c1-2-9(14)11-16-15-10(17-11)7-4-3-6(12)5-8(7)13/h3-5,9H,2,14H2,1H3. The number of nitrogens with zero attached hydrogens (tertiary/aromatic N) is 2. The van der Waals surface area contributed by atoms with Gasteiger partial charge < -0.3 is 10.2 Å². The fourth-order valence-electron chi connectivity index (χ4n) is 1.33. The zero-order chi connectivity index (χ0) is 12.4. The number of hydrogen-bond acceptors (Lipinski definition) is 4.